The first-order valence-electron chi connectivity index (χ1n) is 7.51. The molecule has 1 aliphatic heterocycles. The standard InChI is InChI=1S/C18H19N3S/c1-17(2)13-7-9-22-16(13)15(20-18(17,3)4)12-10-19-14-6-5-8-21(14)11-12/h5-11H,1-4H3. The second-order valence-electron chi connectivity index (χ2n) is 6.92. The summed E-state index contributed by atoms with van der Waals surface area (Å²) in [7, 11) is 0. The summed E-state index contributed by atoms with van der Waals surface area (Å²) in [6.45, 7) is 9.00. The summed E-state index contributed by atoms with van der Waals surface area (Å²) in [5.74, 6) is 0. The molecule has 0 saturated carbocycles. The highest BCUT2D eigenvalue weighted by molar-refractivity contribution is 7.12. The number of rotatable bonds is 1. The maximum atomic E-state index is 5.12. The van der Waals surface area contributed by atoms with Gasteiger partial charge in [-0.1, -0.05) is 13.8 Å². The summed E-state index contributed by atoms with van der Waals surface area (Å²) in [6, 6.07) is 6.27. The van der Waals surface area contributed by atoms with Gasteiger partial charge in [0.25, 0.3) is 0 Å². The molecule has 0 atom stereocenters. The number of aliphatic imine (C=N–C) groups is 1. The van der Waals surface area contributed by atoms with Crippen molar-refractivity contribution >= 4 is 22.7 Å². The van der Waals surface area contributed by atoms with E-state index < -0.39 is 0 Å². The second kappa shape index (κ2) is 4.29. The van der Waals surface area contributed by atoms with Gasteiger partial charge in [0.2, 0.25) is 0 Å². The van der Waals surface area contributed by atoms with Gasteiger partial charge in [0.05, 0.1) is 16.1 Å². The van der Waals surface area contributed by atoms with Gasteiger partial charge in [-0.15, -0.1) is 11.3 Å². The highest BCUT2D eigenvalue weighted by Crippen LogP contribution is 2.45. The van der Waals surface area contributed by atoms with Gasteiger partial charge in [0.1, 0.15) is 5.65 Å². The van der Waals surface area contributed by atoms with Crippen LogP contribution in [-0.4, -0.2) is 20.6 Å². The predicted octanol–water partition coefficient (Wildman–Crippen LogP) is 4.30. The molecule has 3 nitrogen and oxygen atoms in total. The van der Waals surface area contributed by atoms with Crippen LogP contribution in [0.2, 0.25) is 0 Å². The van der Waals surface area contributed by atoms with E-state index in [9.17, 15) is 0 Å². The van der Waals surface area contributed by atoms with E-state index >= 15 is 0 Å². The zero-order chi connectivity index (χ0) is 15.5. The molecule has 3 aromatic rings. The van der Waals surface area contributed by atoms with Crippen molar-refractivity contribution in [3.63, 3.8) is 0 Å². The highest BCUT2D eigenvalue weighted by atomic mass is 32.1. The number of thiophene rings is 1. The summed E-state index contributed by atoms with van der Waals surface area (Å²) in [5, 5.41) is 2.17. The van der Waals surface area contributed by atoms with Crippen LogP contribution in [0.3, 0.4) is 0 Å². The Balaban J connectivity index is 1.96. The molecule has 4 heterocycles. The fourth-order valence-electron chi connectivity index (χ4n) is 3.02. The molecule has 0 N–H and O–H groups in total. The van der Waals surface area contributed by atoms with E-state index in [0.29, 0.717) is 0 Å². The summed E-state index contributed by atoms with van der Waals surface area (Å²) < 4.78 is 2.05. The van der Waals surface area contributed by atoms with Gasteiger partial charge in [-0.25, -0.2) is 4.98 Å². The summed E-state index contributed by atoms with van der Waals surface area (Å²) in [5.41, 5.74) is 4.37. The largest absolute Gasteiger partial charge is 0.308 e. The van der Waals surface area contributed by atoms with Crippen molar-refractivity contribution in [1.82, 2.24) is 9.38 Å². The molecular weight excluding hydrogens is 290 g/mol. The summed E-state index contributed by atoms with van der Waals surface area (Å²) in [6.07, 6.45) is 6.09. The molecule has 22 heavy (non-hydrogen) atoms. The molecule has 4 heteroatoms. The van der Waals surface area contributed by atoms with E-state index in [0.717, 1.165) is 16.9 Å². The molecule has 112 valence electrons. The van der Waals surface area contributed by atoms with Crippen LogP contribution in [-0.2, 0) is 5.41 Å². The molecule has 0 saturated heterocycles. The van der Waals surface area contributed by atoms with Crippen LogP contribution in [0, 0.1) is 0 Å². The maximum absolute atomic E-state index is 5.12. The first-order valence-corrected chi connectivity index (χ1v) is 8.39. The lowest BCUT2D eigenvalue weighted by Crippen LogP contribution is -2.45. The number of fused-ring (bicyclic) bond motifs is 2. The third-order valence-electron chi connectivity index (χ3n) is 5.12. The van der Waals surface area contributed by atoms with Crippen LogP contribution in [0.1, 0.15) is 43.7 Å². The quantitative estimate of drug-likeness (QED) is 0.659. The molecule has 3 aromatic heterocycles. The third-order valence-corrected chi connectivity index (χ3v) is 6.04. The molecule has 0 aromatic carbocycles. The molecular formula is C18H19N3S. The van der Waals surface area contributed by atoms with Gasteiger partial charge < -0.3 is 4.40 Å². The van der Waals surface area contributed by atoms with Gasteiger partial charge in [-0.05, 0) is 43.0 Å². The second-order valence-corrected chi connectivity index (χ2v) is 7.84. The fourth-order valence-corrected chi connectivity index (χ4v) is 4.09. The Morgan fingerprint density at radius 2 is 1.95 bits per heavy atom. The molecule has 0 unspecified atom stereocenters. The van der Waals surface area contributed by atoms with Crippen LogP contribution < -0.4 is 0 Å². The van der Waals surface area contributed by atoms with E-state index in [2.05, 4.69) is 54.7 Å². The van der Waals surface area contributed by atoms with Crippen molar-refractivity contribution in [2.45, 2.75) is 38.6 Å². The molecule has 0 radical (unpaired) electrons. The van der Waals surface area contributed by atoms with Gasteiger partial charge in [-0.2, -0.15) is 0 Å². The minimum atomic E-state index is -0.151. The minimum Gasteiger partial charge on any atom is -0.308 e. The topological polar surface area (TPSA) is 29.7 Å². The monoisotopic (exact) mass is 309 g/mol. The third kappa shape index (κ3) is 1.73. The van der Waals surface area contributed by atoms with Crippen molar-refractivity contribution < 1.29 is 0 Å². The van der Waals surface area contributed by atoms with Crippen LogP contribution in [0.25, 0.3) is 5.65 Å². The van der Waals surface area contributed by atoms with Gasteiger partial charge in [-0.3, -0.25) is 4.99 Å². The lowest BCUT2D eigenvalue weighted by atomic mass is 9.68. The number of hydrogen-bond donors (Lipinski definition) is 0. The smallest absolute Gasteiger partial charge is 0.136 e. The van der Waals surface area contributed by atoms with Gasteiger partial charge in [0.15, 0.2) is 0 Å². The van der Waals surface area contributed by atoms with Gasteiger partial charge >= 0.3 is 0 Å². The summed E-state index contributed by atoms with van der Waals surface area (Å²) >= 11 is 1.77. The summed E-state index contributed by atoms with van der Waals surface area (Å²) in [4.78, 5) is 10.9. The van der Waals surface area contributed by atoms with Crippen LogP contribution >= 0.6 is 11.3 Å². The van der Waals surface area contributed by atoms with Crippen molar-refractivity contribution in [2.75, 3.05) is 0 Å². The number of hydrogen-bond acceptors (Lipinski definition) is 3. The predicted molar refractivity (Wildman–Crippen MR) is 92.3 cm³/mol. The van der Waals surface area contributed by atoms with Gasteiger partial charge in [0, 0.05) is 29.6 Å². The van der Waals surface area contributed by atoms with E-state index in [-0.39, 0.29) is 11.0 Å². The maximum Gasteiger partial charge on any atom is 0.136 e. The van der Waals surface area contributed by atoms with Crippen molar-refractivity contribution in [3.8, 4) is 0 Å². The molecule has 0 bridgehead atoms. The van der Waals surface area contributed by atoms with Crippen molar-refractivity contribution in [1.29, 1.82) is 0 Å². The minimum absolute atomic E-state index is 0.0246. The molecule has 4 rings (SSSR count). The Bertz CT molecular complexity index is 896. The van der Waals surface area contributed by atoms with E-state index in [4.69, 9.17) is 4.99 Å². The first kappa shape index (κ1) is 13.7. The van der Waals surface area contributed by atoms with E-state index in [1.807, 2.05) is 24.5 Å². The van der Waals surface area contributed by atoms with E-state index in [1.54, 1.807) is 11.3 Å². The Morgan fingerprint density at radius 3 is 2.77 bits per heavy atom. The lowest BCUT2D eigenvalue weighted by Gasteiger charge is -2.43. The van der Waals surface area contributed by atoms with E-state index in [1.165, 1.54) is 10.4 Å². The van der Waals surface area contributed by atoms with Crippen LogP contribution in [0.15, 0.2) is 47.2 Å². The Hall–Kier alpha value is -1.94. The molecule has 1 aliphatic rings. The zero-order valence-corrected chi connectivity index (χ0v) is 14.1. The fraction of sp³-hybridized carbons (Fsp3) is 0.333. The molecule has 0 aliphatic carbocycles. The number of nitrogens with zero attached hydrogens (tertiary/aromatic N) is 3. The average Bonchev–Trinajstić information content (AvgIpc) is 3.11. The molecule has 0 fully saturated rings. The van der Waals surface area contributed by atoms with Crippen molar-refractivity contribution in [3.05, 3.63) is 58.2 Å². The molecule has 0 spiro atoms. The van der Waals surface area contributed by atoms with Crippen LogP contribution in [0.4, 0.5) is 0 Å². The van der Waals surface area contributed by atoms with Crippen LogP contribution in [0.5, 0.6) is 0 Å². The average molecular weight is 309 g/mol. The number of aromatic nitrogens is 2. The van der Waals surface area contributed by atoms with Crippen molar-refractivity contribution in [2.24, 2.45) is 4.99 Å². The Kier molecular flexibility index (Phi) is 2.67. The normalized spacial score (nSPS) is 19.0. The highest BCUT2D eigenvalue weighted by Gasteiger charge is 2.44. The molecule has 0 amide bonds. The zero-order valence-electron chi connectivity index (χ0n) is 13.3. The Morgan fingerprint density at radius 1 is 1.14 bits per heavy atom. The lowest BCUT2D eigenvalue weighted by molar-refractivity contribution is 0.305. The SMILES string of the molecule is CC1(C)N=C(c2cnc3cccn3c2)c2sccc2C1(C)C. The first-order chi connectivity index (χ1) is 10.4. The Labute approximate surface area is 134 Å².